The first-order valence-electron chi connectivity index (χ1n) is 15.1. The molecule has 3 rings (SSSR count). The molecule has 228 valence electrons. The van der Waals surface area contributed by atoms with Crippen molar-refractivity contribution < 1.29 is 25.9 Å². The summed E-state index contributed by atoms with van der Waals surface area (Å²) in [5.41, 5.74) is 1.19. The number of nitrogens with zero attached hydrogens (tertiary/aromatic N) is 2. The molecule has 0 fully saturated rings. The van der Waals surface area contributed by atoms with Gasteiger partial charge in [-0.05, 0) is 24.1 Å². The average molecular weight is 607 g/mol. The Kier molecular flexibility index (Phi) is 13.3. The molecule has 0 saturated heterocycles. The maximum atomic E-state index is 12.2. The largest absolute Gasteiger partial charge is 0.323 e. The van der Waals surface area contributed by atoms with Gasteiger partial charge in [-0.2, -0.15) is 16.8 Å². The third kappa shape index (κ3) is 10.5. The van der Waals surface area contributed by atoms with Crippen molar-refractivity contribution in [1.82, 2.24) is 9.55 Å². The normalized spacial score (nSPS) is 12.4. The topological polar surface area (TPSA) is 127 Å². The van der Waals surface area contributed by atoms with E-state index in [0.29, 0.717) is 24.3 Å². The Morgan fingerprint density at radius 2 is 1.17 bits per heavy atom. The predicted octanol–water partition coefficient (Wildman–Crippen LogP) is 7.99. The van der Waals surface area contributed by atoms with Crippen LogP contribution in [0, 0.1) is 0 Å². The molecule has 0 aliphatic heterocycles. The van der Waals surface area contributed by atoms with Crippen LogP contribution in [0.25, 0.3) is 11.0 Å². The van der Waals surface area contributed by atoms with Gasteiger partial charge in [-0.1, -0.05) is 127 Å². The lowest BCUT2D eigenvalue weighted by atomic mass is 10.0. The van der Waals surface area contributed by atoms with E-state index in [1.54, 1.807) is 0 Å². The van der Waals surface area contributed by atoms with Crippen LogP contribution < -0.4 is 0 Å². The van der Waals surface area contributed by atoms with E-state index in [0.717, 1.165) is 30.9 Å². The van der Waals surface area contributed by atoms with Crippen molar-refractivity contribution in [3.05, 3.63) is 53.9 Å². The Labute approximate surface area is 246 Å². The molecule has 0 saturated carbocycles. The Morgan fingerprint density at radius 3 is 1.66 bits per heavy atom. The monoisotopic (exact) mass is 606 g/mol. The van der Waals surface area contributed by atoms with Crippen molar-refractivity contribution in [2.75, 3.05) is 0 Å². The van der Waals surface area contributed by atoms with Gasteiger partial charge in [-0.3, -0.25) is 9.11 Å². The summed E-state index contributed by atoms with van der Waals surface area (Å²) in [6.45, 7) is 2.66. The molecule has 2 N–H and O–H groups in total. The van der Waals surface area contributed by atoms with Crippen LogP contribution in [0.5, 0.6) is 0 Å². The van der Waals surface area contributed by atoms with Crippen LogP contribution >= 0.6 is 0 Å². The molecule has 1 heterocycles. The molecule has 0 radical (unpaired) electrons. The fourth-order valence-electron chi connectivity index (χ4n) is 5.44. The number of benzene rings is 2. The molecule has 0 amide bonds. The second-order valence-corrected chi connectivity index (χ2v) is 13.8. The van der Waals surface area contributed by atoms with Gasteiger partial charge in [0, 0.05) is 13.0 Å². The maximum Gasteiger partial charge on any atom is 0.298 e. The predicted molar refractivity (Wildman–Crippen MR) is 164 cm³/mol. The summed E-state index contributed by atoms with van der Waals surface area (Å²) in [6, 6.07) is 12.0. The zero-order chi connectivity index (χ0) is 29.7. The highest BCUT2D eigenvalue weighted by molar-refractivity contribution is 7.89. The molecule has 41 heavy (non-hydrogen) atoms. The van der Waals surface area contributed by atoms with E-state index in [9.17, 15) is 25.9 Å². The van der Waals surface area contributed by atoms with Crippen LogP contribution in [-0.2, 0) is 33.2 Å². The molecule has 8 nitrogen and oxygen atoms in total. The molecule has 1 aromatic heterocycles. The first-order chi connectivity index (χ1) is 19.6. The highest BCUT2D eigenvalue weighted by Crippen LogP contribution is 2.31. The smallest absolute Gasteiger partial charge is 0.298 e. The molecule has 0 spiro atoms. The zero-order valence-corrected chi connectivity index (χ0v) is 25.9. The molecule has 0 unspecified atom stereocenters. The number of rotatable bonds is 20. The van der Waals surface area contributed by atoms with Crippen molar-refractivity contribution in [3.8, 4) is 0 Å². The van der Waals surface area contributed by atoms with E-state index in [4.69, 9.17) is 0 Å². The number of aromatic nitrogens is 2. The molecular formula is C31H46N2O6S2. The van der Waals surface area contributed by atoms with Gasteiger partial charge in [0.25, 0.3) is 20.2 Å². The molecule has 3 aromatic rings. The van der Waals surface area contributed by atoms with Crippen molar-refractivity contribution >= 4 is 31.3 Å². The highest BCUT2D eigenvalue weighted by atomic mass is 32.2. The van der Waals surface area contributed by atoms with Gasteiger partial charge < -0.3 is 4.57 Å². The van der Waals surface area contributed by atoms with Crippen LogP contribution in [0.15, 0.2) is 52.3 Å². The van der Waals surface area contributed by atoms with Gasteiger partial charge in [0.05, 0.1) is 5.52 Å². The van der Waals surface area contributed by atoms with Crippen LogP contribution in [0.3, 0.4) is 0 Å². The number of imidazole rings is 1. The van der Waals surface area contributed by atoms with Crippen LogP contribution in [-0.4, -0.2) is 35.5 Å². The van der Waals surface area contributed by atoms with E-state index < -0.39 is 30.0 Å². The summed E-state index contributed by atoms with van der Waals surface area (Å²) >= 11 is 0. The molecule has 0 atom stereocenters. The molecule has 0 bridgehead atoms. The van der Waals surface area contributed by atoms with E-state index in [1.165, 1.54) is 83.1 Å². The summed E-state index contributed by atoms with van der Waals surface area (Å²) in [4.78, 5) is 2.73. The summed E-state index contributed by atoms with van der Waals surface area (Å²) in [6.07, 6.45) is 19.4. The lowest BCUT2D eigenvalue weighted by Gasteiger charge is -2.10. The fourth-order valence-corrected chi connectivity index (χ4v) is 7.36. The summed E-state index contributed by atoms with van der Waals surface area (Å²) in [7, 11) is -9.89. The van der Waals surface area contributed by atoms with Crippen LogP contribution in [0.2, 0.25) is 0 Å². The fraction of sp³-hybridized carbons (Fsp3) is 0.581. The summed E-state index contributed by atoms with van der Waals surface area (Å²) < 4.78 is 69.6. The molecule has 10 heteroatoms. The minimum absolute atomic E-state index is 0.158. The van der Waals surface area contributed by atoms with E-state index in [-0.39, 0.29) is 5.52 Å². The van der Waals surface area contributed by atoms with E-state index in [1.807, 2.05) is 34.9 Å². The van der Waals surface area contributed by atoms with E-state index >= 15 is 0 Å². The average Bonchev–Trinajstić information content (AvgIpc) is 3.26. The van der Waals surface area contributed by atoms with Gasteiger partial charge >= 0.3 is 0 Å². The number of aryl methyl sites for hydroxylation is 1. The quantitative estimate of drug-likeness (QED) is 0.0985. The molecule has 0 aliphatic carbocycles. The number of fused-ring (bicyclic) bond motifs is 1. The number of hydrogen-bond acceptors (Lipinski definition) is 5. The Hall–Kier alpha value is -2.27. The second-order valence-electron chi connectivity index (χ2n) is 11.0. The summed E-state index contributed by atoms with van der Waals surface area (Å²) in [5.74, 6) is 0.607. The van der Waals surface area contributed by atoms with Gasteiger partial charge in [0.1, 0.15) is 21.1 Å². The van der Waals surface area contributed by atoms with Crippen LogP contribution in [0.1, 0.15) is 115 Å². The Bertz CT molecular complexity index is 1430. The lowest BCUT2D eigenvalue weighted by Crippen LogP contribution is -2.09. The number of unbranched alkanes of at least 4 members (excludes halogenated alkanes) is 14. The van der Waals surface area contributed by atoms with Gasteiger partial charge in [-0.25, -0.2) is 4.98 Å². The Morgan fingerprint density at radius 1 is 0.659 bits per heavy atom. The first-order valence-corrected chi connectivity index (χ1v) is 18.0. The van der Waals surface area contributed by atoms with E-state index in [2.05, 4.69) is 11.9 Å². The van der Waals surface area contributed by atoms with Gasteiger partial charge in [0.2, 0.25) is 0 Å². The first kappa shape index (κ1) is 33.2. The highest BCUT2D eigenvalue weighted by Gasteiger charge is 2.29. The minimum atomic E-state index is -4.99. The zero-order valence-electron chi connectivity index (χ0n) is 24.3. The molecular weight excluding hydrogens is 560 g/mol. The standard InChI is InChI=1S/C31H46N2O6S2/c1-2-3-4-5-6-7-8-9-10-11-12-13-14-15-19-22-29-32-30-27(33(29)25-26-20-17-16-18-21-26)23-24-28(40(34,35)36)31(30)41(37,38)39/h16-18,20-21,23-24H,2-15,19,22,25H2,1H3,(H,34,35,36)(H,37,38,39). The third-order valence-electron chi connectivity index (χ3n) is 7.64. The SMILES string of the molecule is CCCCCCCCCCCCCCCCCc1nc2c(S(=O)(=O)O)c(S(=O)(=O)O)ccc2n1Cc1ccccc1. The van der Waals surface area contributed by atoms with Gasteiger partial charge in [0.15, 0.2) is 0 Å². The van der Waals surface area contributed by atoms with Crippen molar-refractivity contribution in [2.24, 2.45) is 0 Å². The van der Waals surface area contributed by atoms with Crippen molar-refractivity contribution in [3.63, 3.8) is 0 Å². The maximum absolute atomic E-state index is 12.2. The van der Waals surface area contributed by atoms with Gasteiger partial charge in [-0.15, -0.1) is 0 Å². The second kappa shape index (κ2) is 16.4. The van der Waals surface area contributed by atoms with Crippen molar-refractivity contribution in [1.29, 1.82) is 0 Å². The third-order valence-corrected chi connectivity index (χ3v) is 9.60. The lowest BCUT2D eigenvalue weighted by molar-refractivity contribution is 0.467. The molecule has 0 aliphatic rings. The van der Waals surface area contributed by atoms with Crippen LogP contribution in [0.4, 0.5) is 0 Å². The Balaban J connectivity index is 1.58. The van der Waals surface area contributed by atoms with Crippen molar-refractivity contribution in [2.45, 2.75) is 126 Å². The summed E-state index contributed by atoms with van der Waals surface area (Å²) in [5, 5.41) is 0. The number of hydrogen-bond donors (Lipinski definition) is 2. The minimum Gasteiger partial charge on any atom is -0.323 e. The molecule has 2 aromatic carbocycles.